The highest BCUT2D eigenvalue weighted by molar-refractivity contribution is 7.15. The Morgan fingerprint density at radius 3 is 2.52 bits per heavy atom. The van der Waals surface area contributed by atoms with Crippen LogP contribution in [0.25, 0.3) is 11.1 Å². The number of amides is 1. The molecular formula is C21H26FN2O4S+. The number of anilines is 1. The van der Waals surface area contributed by atoms with Crippen LogP contribution in [0.15, 0.2) is 29.6 Å². The molecule has 0 radical (unpaired) electrons. The molecule has 0 aliphatic carbocycles. The number of ether oxygens (including phenoxy) is 2. The van der Waals surface area contributed by atoms with Crippen molar-refractivity contribution in [3.63, 3.8) is 0 Å². The van der Waals surface area contributed by atoms with Crippen LogP contribution < -0.4 is 10.2 Å². The fraction of sp³-hybridized carbons (Fsp3) is 0.429. The second-order valence-corrected chi connectivity index (χ2v) is 8.10. The van der Waals surface area contributed by atoms with Gasteiger partial charge in [-0.2, -0.15) is 0 Å². The van der Waals surface area contributed by atoms with Gasteiger partial charge in [-0.3, -0.25) is 4.79 Å². The second kappa shape index (κ2) is 9.47. The number of rotatable bonds is 6. The molecule has 8 heteroatoms. The van der Waals surface area contributed by atoms with E-state index < -0.39 is 5.97 Å². The van der Waals surface area contributed by atoms with Gasteiger partial charge in [0.25, 0.3) is 5.91 Å². The highest BCUT2D eigenvalue weighted by Crippen LogP contribution is 2.36. The van der Waals surface area contributed by atoms with Gasteiger partial charge in [-0.15, -0.1) is 11.3 Å². The number of benzene rings is 1. The summed E-state index contributed by atoms with van der Waals surface area (Å²) in [7, 11) is 0. The molecule has 2 aromatic rings. The number of thiophene rings is 1. The molecule has 3 rings (SSSR count). The molecule has 1 fully saturated rings. The summed E-state index contributed by atoms with van der Waals surface area (Å²) in [6.07, 6.45) is 0.201. The number of hydrogen-bond donors (Lipinski definition) is 2. The Bertz CT molecular complexity index is 858. The molecule has 1 aliphatic heterocycles. The van der Waals surface area contributed by atoms with Crippen molar-refractivity contribution in [3.05, 3.63) is 41.0 Å². The summed E-state index contributed by atoms with van der Waals surface area (Å²) in [6.45, 7) is 7.76. The molecule has 0 saturated carbocycles. The third-order valence-electron chi connectivity index (χ3n) is 4.71. The number of quaternary nitrogens is 1. The van der Waals surface area contributed by atoms with Gasteiger partial charge in [0.15, 0.2) is 6.54 Å². The van der Waals surface area contributed by atoms with Gasteiger partial charge in [0.2, 0.25) is 0 Å². The first-order valence-corrected chi connectivity index (χ1v) is 10.6. The topological polar surface area (TPSA) is 69.1 Å². The van der Waals surface area contributed by atoms with E-state index in [1.807, 2.05) is 13.8 Å². The van der Waals surface area contributed by atoms with Crippen molar-refractivity contribution in [2.24, 2.45) is 0 Å². The summed E-state index contributed by atoms with van der Waals surface area (Å²) >= 11 is 1.26. The molecule has 1 saturated heterocycles. The van der Waals surface area contributed by atoms with Crippen LogP contribution >= 0.6 is 11.3 Å². The minimum atomic E-state index is -0.510. The lowest BCUT2D eigenvalue weighted by molar-refractivity contribution is -0.907. The van der Waals surface area contributed by atoms with E-state index in [0.717, 1.165) is 18.0 Å². The molecule has 0 spiro atoms. The summed E-state index contributed by atoms with van der Waals surface area (Å²) < 4.78 is 24.2. The normalized spacial score (nSPS) is 21.6. The molecule has 6 nitrogen and oxygen atoms in total. The van der Waals surface area contributed by atoms with Gasteiger partial charge in [0.1, 0.15) is 41.7 Å². The van der Waals surface area contributed by atoms with Gasteiger partial charge in [-0.05, 0) is 38.5 Å². The van der Waals surface area contributed by atoms with Crippen LogP contribution in [-0.2, 0) is 14.3 Å². The molecule has 0 bridgehead atoms. The molecule has 1 aromatic heterocycles. The minimum absolute atomic E-state index is 0.100. The fourth-order valence-corrected chi connectivity index (χ4v) is 4.60. The van der Waals surface area contributed by atoms with E-state index in [2.05, 4.69) is 5.32 Å². The van der Waals surface area contributed by atoms with E-state index >= 15 is 0 Å². The molecule has 2 heterocycles. The van der Waals surface area contributed by atoms with E-state index in [9.17, 15) is 14.0 Å². The van der Waals surface area contributed by atoms with Crippen molar-refractivity contribution >= 4 is 28.2 Å². The Morgan fingerprint density at radius 2 is 1.90 bits per heavy atom. The SMILES string of the molecule is CCOC(=O)c1c(-c2ccc(F)cc2)csc1NC(=O)C[NH+]1C[C@@H](C)O[C@H](C)C1. The zero-order chi connectivity index (χ0) is 21.0. The van der Waals surface area contributed by atoms with Crippen molar-refractivity contribution in [1.29, 1.82) is 0 Å². The Balaban J connectivity index is 1.80. The summed E-state index contributed by atoms with van der Waals surface area (Å²) in [5, 5.41) is 5.10. The molecular weight excluding hydrogens is 395 g/mol. The van der Waals surface area contributed by atoms with Crippen molar-refractivity contribution in [2.75, 3.05) is 31.6 Å². The second-order valence-electron chi connectivity index (χ2n) is 7.22. The van der Waals surface area contributed by atoms with Gasteiger partial charge >= 0.3 is 5.97 Å². The molecule has 0 unspecified atom stereocenters. The molecule has 1 amide bonds. The van der Waals surface area contributed by atoms with Crippen molar-refractivity contribution in [2.45, 2.75) is 33.0 Å². The maximum atomic E-state index is 13.3. The standard InChI is InChI=1S/C21H25FN2O4S/c1-4-27-21(26)19-17(15-5-7-16(22)8-6-15)12-29-20(19)23-18(25)11-24-9-13(2)28-14(3)10-24/h5-8,12-14H,4,9-11H2,1-3H3,(H,23,25)/p+1/t13-,14-/m1/s1. The quantitative estimate of drug-likeness (QED) is 0.703. The average molecular weight is 422 g/mol. The van der Waals surface area contributed by atoms with Crippen LogP contribution in [0.3, 0.4) is 0 Å². The first kappa shape index (κ1) is 21.4. The zero-order valence-corrected chi connectivity index (χ0v) is 17.6. The van der Waals surface area contributed by atoms with Crippen LogP contribution in [0.2, 0.25) is 0 Å². The number of nitrogens with one attached hydrogen (secondary N) is 2. The lowest BCUT2D eigenvalue weighted by atomic mass is 10.0. The number of carbonyl (C=O) groups is 2. The maximum absolute atomic E-state index is 13.3. The largest absolute Gasteiger partial charge is 0.462 e. The molecule has 29 heavy (non-hydrogen) atoms. The van der Waals surface area contributed by atoms with E-state index in [1.165, 1.54) is 23.5 Å². The van der Waals surface area contributed by atoms with Crippen LogP contribution in [0.1, 0.15) is 31.1 Å². The van der Waals surface area contributed by atoms with Gasteiger partial charge in [0.05, 0.1) is 6.61 Å². The molecule has 2 atom stereocenters. The van der Waals surface area contributed by atoms with Crippen molar-refractivity contribution in [1.82, 2.24) is 0 Å². The van der Waals surface area contributed by atoms with Crippen LogP contribution in [0.4, 0.5) is 9.39 Å². The van der Waals surface area contributed by atoms with Crippen LogP contribution in [0.5, 0.6) is 0 Å². The first-order chi connectivity index (χ1) is 13.9. The van der Waals surface area contributed by atoms with E-state index in [0.29, 0.717) is 28.2 Å². The Morgan fingerprint density at radius 1 is 1.24 bits per heavy atom. The van der Waals surface area contributed by atoms with Gasteiger partial charge in [0, 0.05) is 10.9 Å². The average Bonchev–Trinajstić information content (AvgIpc) is 3.05. The summed E-state index contributed by atoms with van der Waals surface area (Å²) in [5.41, 5.74) is 1.60. The smallest absolute Gasteiger partial charge is 0.341 e. The monoisotopic (exact) mass is 421 g/mol. The van der Waals surface area contributed by atoms with Crippen molar-refractivity contribution < 1.29 is 28.4 Å². The van der Waals surface area contributed by atoms with Gasteiger partial charge < -0.3 is 19.7 Å². The Hall–Kier alpha value is -2.29. The molecule has 2 N–H and O–H groups in total. The zero-order valence-electron chi connectivity index (χ0n) is 16.8. The van der Waals surface area contributed by atoms with Gasteiger partial charge in [-0.25, -0.2) is 9.18 Å². The molecule has 1 aliphatic rings. The summed E-state index contributed by atoms with van der Waals surface area (Å²) in [5.74, 6) is -1.03. The number of halogens is 1. The van der Waals surface area contributed by atoms with Gasteiger partial charge in [-0.1, -0.05) is 12.1 Å². The molecule has 1 aromatic carbocycles. The third kappa shape index (κ3) is 5.41. The van der Waals surface area contributed by atoms with E-state index in [1.54, 1.807) is 24.4 Å². The highest BCUT2D eigenvalue weighted by atomic mass is 32.1. The number of hydrogen-bond acceptors (Lipinski definition) is 5. The maximum Gasteiger partial charge on any atom is 0.341 e. The fourth-order valence-electron chi connectivity index (χ4n) is 3.63. The third-order valence-corrected chi connectivity index (χ3v) is 5.60. The summed E-state index contributed by atoms with van der Waals surface area (Å²) in [4.78, 5) is 26.4. The number of carbonyl (C=O) groups excluding carboxylic acids is 2. The number of morpholine rings is 1. The van der Waals surface area contributed by atoms with E-state index in [4.69, 9.17) is 9.47 Å². The Labute approximate surface area is 173 Å². The predicted octanol–water partition coefficient (Wildman–Crippen LogP) is 2.36. The Kier molecular flexibility index (Phi) is 7.00. The minimum Gasteiger partial charge on any atom is -0.462 e. The highest BCUT2D eigenvalue weighted by Gasteiger charge is 2.28. The first-order valence-electron chi connectivity index (χ1n) is 9.70. The number of esters is 1. The predicted molar refractivity (Wildman–Crippen MR) is 110 cm³/mol. The van der Waals surface area contributed by atoms with Crippen LogP contribution in [0, 0.1) is 5.82 Å². The van der Waals surface area contributed by atoms with E-state index in [-0.39, 0.29) is 30.5 Å². The summed E-state index contributed by atoms with van der Waals surface area (Å²) in [6, 6.07) is 5.88. The van der Waals surface area contributed by atoms with Crippen LogP contribution in [-0.4, -0.2) is 50.3 Å². The lowest BCUT2D eigenvalue weighted by Crippen LogP contribution is -3.16. The lowest BCUT2D eigenvalue weighted by Gasteiger charge is -2.31. The molecule has 156 valence electrons. The van der Waals surface area contributed by atoms with Crippen molar-refractivity contribution in [3.8, 4) is 11.1 Å².